The Morgan fingerprint density at radius 3 is 2.65 bits per heavy atom. The fraction of sp³-hybridized carbons (Fsp3) is 0.107. The monoisotopic (exact) mass is 515 g/mol. The summed E-state index contributed by atoms with van der Waals surface area (Å²) in [4.78, 5) is 27.2. The summed E-state index contributed by atoms with van der Waals surface area (Å²) in [6.45, 7) is 0.262. The van der Waals surface area contributed by atoms with Gasteiger partial charge in [-0.25, -0.2) is 0 Å². The van der Waals surface area contributed by atoms with Crippen molar-refractivity contribution in [1.29, 1.82) is 0 Å². The van der Waals surface area contributed by atoms with Crippen molar-refractivity contribution in [2.24, 2.45) is 0 Å². The first kappa shape index (κ1) is 24.1. The Bertz CT molecular complexity index is 1540. The molecule has 8 nitrogen and oxygen atoms in total. The number of non-ortho nitro benzene ring substituents is 1. The predicted molar refractivity (Wildman–Crippen MR) is 140 cm³/mol. The van der Waals surface area contributed by atoms with Crippen molar-refractivity contribution in [2.75, 3.05) is 0 Å². The molecule has 37 heavy (non-hydrogen) atoms. The van der Waals surface area contributed by atoms with E-state index in [0.717, 1.165) is 16.6 Å². The van der Waals surface area contributed by atoms with Crippen molar-refractivity contribution < 1.29 is 18.9 Å². The van der Waals surface area contributed by atoms with E-state index in [1.165, 1.54) is 12.1 Å². The average Bonchev–Trinajstić information content (AvgIpc) is 3.57. The Balaban J connectivity index is 1.49. The van der Waals surface area contributed by atoms with Gasteiger partial charge in [0.1, 0.15) is 17.3 Å². The van der Waals surface area contributed by atoms with E-state index in [2.05, 4.69) is 10.3 Å². The molecule has 186 valence electrons. The van der Waals surface area contributed by atoms with E-state index in [0.29, 0.717) is 27.7 Å². The first-order valence-corrected chi connectivity index (χ1v) is 11.9. The van der Waals surface area contributed by atoms with Crippen LogP contribution in [0, 0.1) is 10.1 Å². The van der Waals surface area contributed by atoms with Gasteiger partial charge in [0.15, 0.2) is 0 Å². The number of aromatic nitrogens is 1. The molecule has 2 heterocycles. The van der Waals surface area contributed by atoms with Crippen LogP contribution in [0.25, 0.3) is 10.9 Å². The average molecular weight is 516 g/mol. The highest BCUT2D eigenvalue weighted by molar-refractivity contribution is 6.30. The van der Waals surface area contributed by atoms with E-state index >= 15 is 0 Å². The standard InChI is InChI=1S/C28H22ClN3O5/c29-19-6-9-21(10-7-19)37-22-4-1-3-18(13-22)24(15-28(33)31-16-23-5-2-12-36-23)26-17-30-27-11-8-20(32(34)35)14-25(26)27/h1-14,17,24,30H,15-16H2,(H,31,33)/t24-/m0/s1. The summed E-state index contributed by atoms with van der Waals surface area (Å²) in [6, 6.07) is 22.7. The van der Waals surface area contributed by atoms with Crippen molar-refractivity contribution in [3.8, 4) is 11.5 Å². The van der Waals surface area contributed by atoms with Crippen LogP contribution < -0.4 is 10.1 Å². The number of ether oxygens (including phenoxy) is 1. The summed E-state index contributed by atoms with van der Waals surface area (Å²) >= 11 is 5.98. The molecule has 0 radical (unpaired) electrons. The largest absolute Gasteiger partial charge is 0.467 e. The van der Waals surface area contributed by atoms with Crippen LogP contribution in [0.15, 0.2) is 95.7 Å². The summed E-state index contributed by atoms with van der Waals surface area (Å²) in [5, 5.41) is 15.6. The Morgan fingerprint density at radius 2 is 1.89 bits per heavy atom. The van der Waals surface area contributed by atoms with Crippen molar-refractivity contribution in [3.05, 3.63) is 123 Å². The number of halogens is 1. The highest BCUT2D eigenvalue weighted by Gasteiger charge is 2.23. The number of carbonyl (C=O) groups is 1. The van der Waals surface area contributed by atoms with Gasteiger partial charge in [-0.15, -0.1) is 0 Å². The third-order valence-corrected chi connectivity index (χ3v) is 6.27. The zero-order valence-electron chi connectivity index (χ0n) is 19.5. The molecule has 2 aromatic heterocycles. The lowest BCUT2D eigenvalue weighted by Gasteiger charge is -2.18. The van der Waals surface area contributed by atoms with Gasteiger partial charge < -0.3 is 19.5 Å². The van der Waals surface area contributed by atoms with Crippen LogP contribution in [0.5, 0.6) is 11.5 Å². The summed E-state index contributed by atoms with van der Waals surface area (Å²) in [7, 11) is 0. The van der Waals surface area contributed by atoms with Crippen molar-refractivity contribution in [3.63, 3.8) is 0 Å². The van der Waals surface area contributed by atoms with Gasteiger partial charge in [-0.05, 0) is 65.7 Å². The Hall–Kier alpha value is -4.56. The minimum absolute atomic E-state index is 0.0193. The number of aromatic amines is 1. The number of nitro benzene ring substituents is 1. The van der Waals surface area contributed by atoms with Gasteiger partial charge in [-0.3, -0.25) is 14.9 Å². The number of fused-ring (bicyclic) bond motifs is 1. The van der Waals surface area contributed by atoms with Gasteiger partial charge in [0.05, 0.1) is 17.7 Å². The number of amides is 1. The second kappa shape index (κ2) is 10.6. The van der Waals surface area contributed by atoms with Gasteiger partial charge >= 0.3 is 0 Å². The van der Waals surface area contributed by atoms with Gasteiger partial charge in [0, 0.05) is 46.6 Å². The zero-order chi connectivity index (χ0) is 25.8. The number of furan rings is 1. The SMILES string of the molecule is O=C(C[C@@H](c1cccc(Oc2ccc(Cl)cc2)c1)c1c[nH]c2ccc([N+](=O)[O-])cc12)NCc1ccco1. The molecular formula is C28H22ClN3O5. The molecule has 0 aliphatic rings. The number of carbonyl (C=O) groups excluding carboxylic acids is 1. The van der Waals surface area contributed by atoms with Gasteiger partial charge in [-0.2, -0.15) is 0 Å². The fourth-order valence-corrected chi connectivity index (χ4v) is 4.36. The number of nitro groups is 1. The minimum Gasteiger partial charge on any atom is -0.467 e. The Morgan fingerprint density at radius 1 is 1.05 bits per heavy atom. The van der Waals surface area contributed by atoms with Crippen molar-refractivity contribution in [1.82, 2.24) is 10.3 Å². The normalized spacial score (nSPS) is 11.8. The molecule has 1 atom stereocenters. The highest BCUT2D eigenvalue weighted by Crippen LogP contribution is 2.37. The molecule has 0 saturated carbocycles. The topological polar surface area (TPSA) is 110 Å². The van der Waals surface area contributed by atoms with Gasteiger partial charge in [0.2, 0.25) is 5.91 Å². The third kappa shape index (κ3) is 5.65. The molecule has 0 aliphatic heterocycles. The first-order valence-electron chi connectivity index (χ1n) is 11.5. The summed E-state index contributed by atoms with van der Waals surface area (Å²) in [6.07, 6.45) is 3.46. The number of H-pyrrole nitrogens is 1. The molecule has 0 fully saturated rings. The van der Waals surface area contributed by atoms with Crippen LogP contribution in [0.1, 0.15) is 29.2 Å². The Labute approximate surface area is 217 Å². The Kier molecular flexibility index (Phi) is 6.91. The van der Waals surface area contributed by atoms with Crippen LogP contribution in [0.3, 0.4) is 0 Å². The van der Waals surface area contributed by atoms with Crippen LogP contribution >= 0.6 is 11.6 Å². The number of nitrogens with zero attached hydrogens (tertiary/aromatic N) is 1. The van der Waals surface area contributed by atoms with Gasteiger partial charge in [-0.1, -0.05) is 23.7 Å². The van der Waals surface area contributed by atoms with Crippen LogP contribution in [-0.2, 0) is 11.3 Å². The van der Waals surface area contributed by atoms with E-state index in [4.69, 9.17) is 20.8 Å². The number of hydrogen-bond acceptors (Lipinski definition) is 5. The van der Waals surface area contributed by atoms with E-state index in [1.54, 1.807) is 54.9 Å². The number of hydrogen-bond donors (Lipinski definition) is 2. The second-order valence-electron chi connectivity index (χ2n) is 8.47. The molecule has 1 amide bonds. The van der Waals surface area contributed by atoms with Crippen LogP contribution in [0.2, 0.25) is 5.02 Å². The number of rotatable bonds is 9. The lowest BCUT2D eigenvalue weighted by Crippen LogP contribution is -2.24. The van der Waals surface area contributed by atoms with Crippen LogP contribution in [0.4, 0.5) is 5.69 Å². The minimum atomic E-state index is -0.429. The lowest BCUT2D eigenvalue weighted by atomic mass is 9.87. The van der Waals surface area contributed by atoms with Crippen molar-refractivity contribution >= 4 is 34.1 Å². The fourth-order valence-electron chi connectivity index (χ4n) is 4.23. The summed E-state index contributed by atoms with van der Waals surface area (Å²) < 4.78 is 11.3. The maximum Gasteiger partial charge on any atom is 0.270 e. The molecule has 5 rings (SSSR count). The third-order valence-electron chi connectivity index (χ3n) is 6.02. The number of nitrogens with one attached hydrogen (secondary N) is 2. The molecule has 9 heteroatoms. The van der Waals surface area contributed by atoms with E-state index in [-0.39, 0.29) is 24.6 Å². The lowest BCUT2D eigenvalue weighted by molar-refractivity contribution is -0.384. The molecule has 0 saturated heterocycles. The molecule has 5 aromatic rings. The second-order valence-corrected chi connectivity index (χ2v) is 8.91. The maximum atomic E-state index is 13.0. The van der Waals surface area contributed by atoms with Crippen molar-refractivity contribution in [2.45, 2.75) is 18.9 Å². The summed E-state index contributed by atoms with van der Waals surface area (Å²) in [5.41, 5.74) is 2.33. The van der Waals surface area contributed by atoms with Crippen LogP contribution in [-0.4, -0.2) is 15.8 Å². The molecule has 3 aromatic carbocycles. The van der Waals surface area contributed by atoms with E-state index in [9.17, 15) is 14.9 Å². The molecule has 0 spiro atoms. The molecule has 2 N–H and O–H groups in total. The maximum absolute atomic E-state index is 13.0. The predicted octanol–water partition coefficient (Wildman–Crippen LogP) is 6.95. The smallest absolute Gasteiger partial charge is 0.270 e. The molecule has 0 unspecified atom stereocenters. The molecule has 0 bridgehead atoms. The molecule has 0 aliphatic carbocycles. The molecular weight excluding hydrogens is 494 g/mol. The quantitative estimate of drug-likeness (QED) is 0.163. The van der Waals surface area contributed by atoms with Gasteiger partial charge in [0.25, 0.3) is 5.69 Å². The summed E-state index contributed by atoms with van der Waals surface area (Å²) in [5.74, 6) is 1.26. The number of benzene rings is 3. The first-order chi connectivity index (χ1) is 18.0. The van der Waals surface area contributed by atoms with E-state index in [1.807, 2.05) is 24.3 Å². The zero-order valence-corrected chi connectivity index (χ0v) is 20.3. The van der Waals surface area contributed by atoms with E-state index < -0.39 is 10.8 Å². The highest BCUT2D eigenvalue weighted by atomic mass is 35.5.